The Bertz CT molecular complexity index is 648. The van der Waals surface area contributed by atoms with Crippen molar-refractivity contribution in [3.8, 4) is 0 Å². The summed E-state index contributed by atoms with van der Waals surface area (Å²) in [6, 6.07) is 4.55. The van der Waals surface area contributed by atoms with Gasteiger partial charge >= 0.3 is 0 Å². The molecule has 0 radical (unpaired) electrons. The van der Waals surface area contributed by atoms with Gasteiger partial charge in [0.1, 0.15) is 5.69 Å². The minimum absolute atomic E-state index is 0.0402. The van der Waals surface area contributed by atoms with Crippen molar-refractivity contribution < 1.29 is 22.5 Å². The van der Waals surface area contributed by atoms with Crippen molar-refractivity contribution in [3.63, 3.8) is 0 Å². The third-order valence-electron chi connectivity index (χ3n) is 2.46. The van der Waals surface area contributed by atoms with E-state index in [2.05, 4.69) is 5.32 Å². The molecule has 0 aromatic heterocycles. The first-order valence-corrected chi connectivity index (χ1v) is 5.24. The maximum absolute atomic E-state index is 13.4. The molecule has 0 atom stereocenters. The van der Waals surface area contributed by atoms with Crippen LogP contribution in [0.15, 0.2) is 30.3 Å². The number of rotatable bonds is 3. The van der Waals surface area contributed by atoms with Gasteiger partial charge in [-0.05, 0) is 12.1 Å². The number of anilines is 2. The van der Waals surface area contributed by atoms with Crippen molar-refractivity contribution in [2.75, 3.05) is 5.32 Å². The zero-order chi connectivity index (χ0) is 14.9. The Morgan fingerprint density at radius 1 is 0.950 bits per heavy atom. The van der Waals surface area contributed by atoms with Gasteiger partial charge in [-0.3, -0.25) is 10.1 Å². The first-order valence-electron chi connectivity index (χ1n) is 5.24. The molecular weight excluding hydrogens is 280 g/mol. The highest BCUT2D eigenvalue weighted by Gasteiger charge is 2.19. The summed E-state index contributed by atoms with van der Waals surface area (Å²) in [5.41, 5.74) is -1.20. The Hall–Kier alpha value is -2.64. The van der Waals surface area contributed by atoms with Crippen LogP contribution in [0.25, 0.3) is 0 Å². The number of nitrogens with one attached hydrogen (secondary N) is 1. The highest BCUT2D eigenvalue weighted by atomic mass is 19.2. The van der Waals surface area contributed by atoms with Crippen LogP contribution in [0.4, 0.5) is 34.6 Å². The van der Waals surface area contributed by atoms with Gasteiger partial charge in [0.2, 0.25) is 0 Å². The van der Waals surface area contributed by atoms with Crippen LogP contribution in [-0.4, -0.2) is 4.92 Å². The first kappa shape index (κ1) is 13.8. The molecule has 0 saturated carbocycles. The molecule has 104 valence electrons. The number of nitro benzene ring substituents is 1. The van der Waals surface area contributed by atoms with Gasteiger partial charge in [-0.2, -0.15) is 0 Å². The van der Waals surface area contributed by atoms with Crippen molar-refractivity contribution in [1.29, 1.82) is 0 Å². The standard InChI is InChI=1S/C12H6F4N2O2/c13-8-5-9(14)11(16)12(10(8)15)17-6-1-3-7(4-2-6)18(19)20/h1-5,17H. The summed E-state index contributed by atoms with van der Waals surface area (Å²) in [6.45, 7) is 0. The Morgan fingerprint density at radius 2 is 1.45 bits per heavy atom. The molecule has 2 aromatic carbocycles. The summed E-state index contributed by atoms with van der Waals surface area (Å²) in [5.74, 6) is -6.26. The summed E-state index contributed by atoms with van der Waals surface area (Å²) < 4.78 is 52.7. The SMILES string of the molecule is O=[N+]([O-])c1ccc(Nc2c(F)c(F)cc(F)c2F)cc1. The smallest absolute Gasteiger partial charge is 0.269 e. The number of hydrogen-bond donors (Lipinski definition) is 1. The number of hydrogen-bond acceptors (Lipinski definition) is 3. The monoisotopic (exact) mass is 286 g/mol. The molecule has 2 aromatic rings. The predicted molar refractivity (Wildman–Crippen MR) is 62.7 cm³/mol. The molecule has 0 fully saturated rings. The lowest BCUT2D eigenvalue weighted by Crippen LogP contribution is -2.03. The lowest BCUT2D eigenvalue weighted by atomic mass is 10.2. The zero-order valence-corrected chi connectivity index (χ0v) is 9.66. The van der Waals surface area contributed by atoms with Crippen LogP contribution in [-0.2, 0) is 0 Å². The Balaban J connectivity index is 2.37. The third-order valence-corrected chi connectivity index (χ3v) is 2.46. The van der Waals surface area contributed by atoms with Crippen molar-refractivity contribution in [2.45, 2.75) is 0 Å². The summed E-state index contributed by atoms with van der Waals surface area (Å²) in [7, 11) is 0. The van der Waals surface area contributed by atoms with Gasteiger partial charge in [-0.15, -0.1) is 0 Å². The van der Waals surface area contributed by atoms with Crippen LogP contribution in [0.5, 0.6) is 0 Å². The average molecular weight is 286 g/mol. The van der Waals surface area contributed by atoms with E-state index in [4.69, 9.17) is 0 Å². The molecule has 8 heteroatoms. The van der Waals surface area contributed by atoms with Crippen LogP contribution in [0.1, 0.15) is 0 Å². The maximum atomic E-state index is 13.4. The van der Waals surface area contributed by atoms with Gasteiger partial charge in [0.05, 0.1) is 4.92 Å². The molecule has 0 aliphatic rings. The fraction of sp³-hybridized carbons (Fsp3) is 0. The van der Waals surface area contributed by atoms with E-state index in [0.717, 1.165) is 24.3 Å². The Kier molecular flexibility index (Phi) is 3.55. The van der Waals surface area contributed by atoms with E-state index in [1.807, 2.05) is 0 Å². The molecule has 20 heavy (non-hydrogen) atoms. The van der Waals surface area contributed by atoms with Gasteiger partial charge in [0.15, 0.2) is 23.3 Å². The van der Waals surface area contributed by atoms with Gasteiger partial charge < -0.3 is 5.32 Å². The molecule has 1 N–H and O–H groups in total. The number of nitrogens with zero attached hydrogens (tertiary/aromatic N) is 1. The normalized spacial score (nSPS) is 10.4. The van der Waals surface area contributed by atoms with Crippen LogP contribution in [0.2, 0.25) is 0 Å². The topological polar surface area (TPSA) is 55.2 Å². The third kappa shape index (κ3) is 2.53. The fourth-order valence-corrected chi connectivity index (χ4v) is 1.49. The summed E-state index contributed by atoms with van der Waals surface area (Å²) in [6.07, 6.45) is 0. The molecule has 4 nitrogen and oxygen atoms in total. The van der Waals surface area contributed by atoms with E-state index >= 15 is 0 Å². The van der Waals surface area contributed by atoms with E-state index in [0.29, 0.717) is 0 Å². The van der Waals surface area contributed by atoms with E-state index in [9.17, 15) is 27.7 Å². The van der Waals surface area contributed by atoms with E-state index < -0.39 is 33.9 Å². The molecule has 0 aliphatic carbocycles. The van der Waals surface area contributed by atoms with E-state index in [1.165, 1.54) is 0 Å². The van der Waals surface area contributed by atoms with Crippen LogP contribution < -0.4 is 5.32 Å². The molecular formula is C12H6F4N2O2. The fourth-order valence-electron chi connectivity index (χ4n) is 1.49. The van der Waals surface area contributed by atoms with Gasteiger partial charge in [-0.1, -0.05) is 0 Å². The van der Waals surface area contributed by atoms with Gasteiger partial charge in [0.25, 0.3) is 5.69 Å². The summed E-state index contributed by atoms with van der Waals surface area (Å²) >= 11 is 0. The first-order chi connectivity index (χ1) is 9.40. The van der Waals surface area contributed by atoms with E-state index in [-0.39, 0.29) is 17.4 Å². The molecule has 0 aliphatic heterocycles. The van der Waals surface area contributed by atoms with Crippen molar-refractivity contribution in [1.82, 2.24) is 0 Å². The van der Waals surface area contributed by atoms with Crippen LogP contribution in [0.3, 0.4) is 0 Å². The van der Waals surface area contributed by atoms with Crippen molar-refractivity contribution in [2.24, 2.45) is 0 Å². The van der Waals surface area contributed by atoms with Gasteiger partial charge in [-0.25, -0.2) is 17.6 Å². The quantitative estimate of drug-likeness (QED) is 0.403. The highest BCUT2D eigenvalue weighted by molar-refractivity contribution is 5.62. The molecule has 0 bridgehead atoms. The molecule has 0 heterocycles. The maximum Gasteiger partial charge on any atom is 0.269 e. The second-order valence-electron chi connectivity index (χ2n) is 3.77. The summed E-state index contributed by atoms with van der Waals surface area (Å²) in [5, 5.41) is 12.6. The largest absolute Gasteiger partial charge is 0.351 e. The molecule has 2 rings (SSSR count). The van der Waals surface area contributed by atoms with Crippen LogP contribution >= 0.6 is 0 Å². The van der Waals surface area contributed by atoms with Gasteiger partial charge in [0, 0.05) is 23.9 Å². The Labute approximate surface area is 109 Å². The lowest BCUT2D eigenvalue weighted by Gasteiger charge is -2.09. The number of non-ortho nitro benzene ring substituents is 1. The second kappa shape index (κ2) is 5.16. The van der Waals surface area contributed by atoms with Crippen molar-refractivity contribution in [3.05, 3.63) is 63.7 Å². The number of benzene rings is 2. The lowest BCUT2D eigenvalue weighted by molar-refractivity contribution is -0.384. The highest BCUT2D eigenvalue weighted by Crippen LogP contribution is 2.28. The molecule has 0 amide bonds. The second-order valence-corrected chi connectivity index (χ2v) is 3.77. The zero-order valence-electron chi connectivity index (χ0n) is 9.66. The predicted octanol–water partition coefficient (Wildman–Crippen LogP) is 3.89. The van der Waals surface area contributed by atoms with Crippen molar-refractivity contribution >= 4 is 17.1 Å². The Morgan fingerprint density at radius 3 is 1.90 bits per heavy atom. The molecule has 0 spiro atoms. The number of halogens is 4. The van der Waals surface area contributed by atoms with Crippen LogP contribution in [0, 0.1) is 33.4 Å². The molecule has 0 unspecified atom stereocenters. The van der Waals surface area contributed by atoms with E-state index in [1.54, 1.807) is 0 Å². The number of nitro groups is 1. The minimum atomic E-state index is -1.58. The minimum Gasteiger partial charge on any atom is -0.351 e. The summed E-state index contributed by atoms with van der Waals surface area (Å²) in [4.78, 5) is 9.77. The molecule has 0 saturated heterocycles. The average Bonchev–Trinajstić information content (AvgIpc) is 2.42.